The fraction of sp³-hybridized carbons (Fsp3) is 0.100. The summed E-state index contributed by atoms with van der Waals surface area (Å²) >= 11 is 5.73. The maximum absolute atomic E-state index is 13.3. The van der Waals surface area contributed by atoms with Crippen LogP contribution in [0.3, 0.4) is 0 Å². The van der Waals surface area contributed by atoms with Crippen LogP contribution in [0.4, 0.5) is 15.8 Å². The first-order valence-corrected chi connectivity index (χ1v) is 10.3. The van der Waals surface area contributed by atoms with Crippen molar-refractivity contribution in [3.63, 3.8) is 0 Å². The van der Waals surface area contributed by atoms with Gasteiger partial charge in [-0.1, -0.05) is 29.3 Å². The van der Waals surface area contributed by atoms with Gasteiger partial charge in [0.15, 0.2) is 0 Å². The molecule has 1 heterocycles. The molecule has 3 rings (SSSR count). The molecule has 0 fully saturated rings. The quantitative estimate of drug-likeness (QED) is 0.636. The minimum Gasteiger partial charge on any atom is -0.324 e. The Hall–Kier alpha value is -2.97. The van der Waals surface area contributed by atoms with E-state index < -0.39 is 28.3 Å². The molecule has 29 heavy (non-hydrogen) atoms. The normalized spacial score (nSPS) is 11.1. The highest BCUT2D eigenvalue weighted by Crippen LogP contribution is 2.24. The Labute approximate surface area is 173 Å². The van der Waals surface area contributed by atoms with Crippen molar-refractivity contribution in [2.75, 3.05) is 16.2 Å². The Morgan fingerprint density at radius 2 is 1.90 bits per heavy atom. The first-order valence-electron chi connectivity index (χ1n) is 8.52. The highest BCUT2D eigenvalue weighted by Gasteiger charge is 2.27. The molecule has 0 spiro atoms. The number of hydrogen-bond donors (Lipinski definition) is 1. The highest BCUT2D eigenvalue weighted by atomic mass is 35.5. The Morgan fingerprint density at radius 3 is 2.52 bits per heavy atom. The molecule has 9 heteroatoms. The molecule has 0 aliphatic rings. The fourth-order valence-electron chi connectivity index (χ4n) is 2.56. The summed E-state index contributed by atoms with van der Waals surface area (Å²) in [6, 6.07) is 13.3. The van der Waals surface area contributed by atoms with Crippen molar-refractivity contribution in [1.29, 1.82) is 0 Å². The van der Waals surface area contributed by atoms with E-state index in [1.807, 2.05) is 6.92 Å². The lowest BCUT2D eigenvalue weighted by atomic mass is 10.2. The van der Waals surface area contributed by atoms with Crippen molar-refractivity contribution in [2.24, 2.45) is 0 Å². The van der Waals surface area contributed by atoms with Gasteiger partial charge in [0, 0.05) is 18.1 Å². The van der Waals surface area contributed by atoms with E-state index in [1.165, 1.54) is 36.7 Å². The van der Waals surface area contributed by atoms with E-state index in [-0.39, 0.29) is 15.6 Å². The number of anilines is 2. The third-order valence-electron chi connectivity index (χ3n) is 4.03. The van der Waals surface area contributed by atoms with Crippen molar-refractivity contribution in [3.8, 4) is 0 Å². The summed E-state index contributed by atoms with van der Waals surface area (Å²) in [5.74, 6) is -1.23. The van der Waals surface area contributed by atoms with Crippen LogP contribution in [0.5, 0.6) is 0 Å². The Morgan fingerprint density at radius 1 is 1.17 bits per heavy atom. The predicted octanol–water partition coefficient (Wildman–Crippen LogP) is 4.02. The van der Waals surface area contributed by atoms with Gasteiger partial charge in [-0.2, -0.15) is 0 Å². The van der Waals surface area contributed by atoms with Crippen molar-refractivity contribution >= 4 is 38.9 Å². The van der Waals surface area contributed by atoms with Gasteiger partial charge in [0.1, 0.15) is 17.3 Å². The van der Waals surface area contributed by atoms with Crippen LogP contribution in [-0.4, -0.2) is 25.9 Å². The number of aryl methyl sites for hydroxylation is 1. The number of halogens is 2. The zero-order valence-corrected chi connectivity index (χ0v) is 16.9. The van der Waals surface area contributed by atoms with Gasteiger partial charge in [-0.3, -0.25) is 14.1 Å². The lowest BCUT2D eigenvalue weighted by molar-refractivity contribution is -0.114. The van der Waals surface area contributed by atoms with Crippen molar-refractivity contribution < 1.29 is 17.6 Å². The molecule has 0 saturated carbocycles. The number of amides is 1. The van der Waals surface area contributed by atoms with Crippen LogP contribution in [0, 0.1) is 12.7 Å². The number of nitrogens with zero attached hydrogens (tertiary/aromatic N) is 2. The molecular formula is C20H17ClFN3O3S. The molecule has 150 valence electrons. The molecule has 1 aromatic heterocycles. The van der Waals surface area contributed by atoms with E-state index >= 15 is 0 Å². The minimum atomic E-state index is -4.05. The van der Waals surface area contributed by atoms with Gasteiger partial charge in [-0.15, -0.1) is 0 Å². The Bertz CT molecular complexity index is 1120. The first kappa shape index (κ1) is 20.8. The lowest BCUT2D eigenvalue weighted by Gasteiger charge is -2.24. The SMILES string of the molecule is Cc1ccc(N(CC(=O)Nc2ccc(F)c(Cl)c2)S(=O)(=O)c2cccnc2)cc1. The van der Waals surface area contributed by atoms with Crippen LogP contribution < -0.4 is 9.62 Å². The summed E-state index contributed by atoms with van der Waals surface area (Å²) in [5, 5.41) is 2.38. The molecule has 1 N–H and O–H groups in total. The number of benzene rings is 2. The van der Waals surface area contributed by atoms with Gasteiger partial charge in [-0.25, -0.2) is 12.8 Å². The van der Waals surface area contributed by atoms with E-state index in [4.69, 9.17) is 11.6 Å². The first-order chi connectivity index (χ1) is 13.8. The maximum Gasteiger partial charge on any atom is 0.266 e. The van der Waals surface area contributed by atoms with Crippen LogP contribution in [0.25, 0.3) is 0 Å². The third-order valence-corrected chi connectivity index (χ3v) is 6.08. The molecule has 3 aromatic rings. The van der Waals surface area contributed by atoms with Crippen LogP contribution >= 0.6 is 11.6 Å². The molecule has 6 nitrogen and oxygen atoms in total. The summed E-state index contributed by atoms with van der Waals surface area (Å²) in [6.07, 6.45) is 2.67. The molecule has 0 aliphatic heterocycles. The molecule has 0 bridgehead atoms. The Kier molecular flexibility index (Phi) is 6.14. The van der Waals surface area contributed by atoms with Crippen LogP contribution in [-0.2, 0) is 14.8 Å². The largest absolute Gasteiger partial charge is 0.324 e. The predicted molar refractivity (Wildman–Crippen MR) is 110 cm³/mol. The molecular weight excluding hydrogens is 417 g/mol. The number of nitrogens with one attached hydrogen (secondary N) is 1. The van der Waals surface area contributed by atoms with Gasteiger partial charge in [-0.05, 0) is 49.4 Å². The van der Waals surface area contributed by atoms with E-state index in [2.05, 4.69) is 10.3 Å². The topological polar surface area (TPSA) is 79.4 Å². The third kappa shape index (κ3) is 4.90. The van der Waals surface area contributed by atoms with Gasteiger partial charge in [0.05, 0.1) is 10.7 Å². The average molecular weight is 434 g/mol. The van der Waals surface area contributed by atoms with Crippen molar-refractivity contribution in [2.45, 2.75) is 11.8 Å². The Balaban J connectivity index is 1.92. The molecule has 0 aliphatic carbocycles. The van der Waals surface area contributed by atoms with E-state index in [0.29, 0.717) is 5.69 Å². The number of rotatable bonds is 6. The zero-order chi connectivity index (χ0) is 21.0. The summed E-state index contributed by atoms with van der Waals surface area (Å²) in [7, 11) is -4.05. The number of carbonyl (C=O) groups is 1. The number of aromatic nitrogens is 1. The summed E-state index contributed by atoms with van der Waals surface area (Å²) in [6.45, 7) is 1.38. The van der Waals surface area contributed by atoms with Crippen molar-refractivity contribution in [3.05, 3.63) is 83.4 Å². The van der Waals surface area contributed by atoms with E-state index in [1.54, 1.807) is 24.3 Å². The molecule has 0 atom stereocenters. The lowest BCUT2D eigenvalue weighted by Crippen LogP contribution is -2.38. The molecule has 0 radical (unpaired) electrons. The minimum absolute atomic E-state index is 0.0433. The van der Waals surface area contributed by atoms with E-state index in [9.17, 15) is 17.6 Å². The van der Waals surface area contributed by atoms with E-state index in [0.717, 1.165) is 15.9 Å². The fourth-order valence-corrected chi connectivity index (χ4v) is 4.12. The van der Waals surface area contributed by atoms with Gasteiger partial charge in [0.25, 0.3) is 10.0 Å². The number of carbonyl (C=O) groups excluding carboxylic acids is 1. The summed E-state index contributed by atoms with van der Waals surface area (Å²) in [4.78, 5) is 16.4. The summed E-state index contributed by atoms with van der Waals surface area (Å²) < 4.78 is 40.6. The molecule has 1 amide bonds. The van der Waals surface area contributed by atoms with Crippen LogP contribution in [0.15, 0.2) is 71.9 Å². The second-order valence-electron chi connectivity index (χ2n) is 6.21. The van der Waals surface area contributed by atoms with Gasteiger partial charge in [0.2, 0.25) is 5.91 Å². The molecule has 0 unspecified atom stereocenters. The molecule has 2 aromatic carbocycles. The number of sulfonamides is 1. The summed E-state index contributed by atoms with van der Waals surface area (Å²) in [5.41, 5.74) is 1.52. The number of hydrogen-bond acceptors (Lipinski definition) is 4. The van der Waals surface area contributed by atoms with Crippen molar-refractivity contribution in [1.82, 2.24) is 4.98 Å². The monoisotopic (exact) mass is 433 g/mol. The molecule has 0 saturated heterocycles. The van der Waals surface area contributed by atoms with Gasteiger partial charge < -0.3 is 5.32 Å². The highest BCUT2D eigenvalue weighted by molar-refractivity contribution is 7.92. The van der Waals surface area contributed by atoms with Crippen LogP contribution in [0.1, 0.15) is 5.56 Å². The second-order valence-corrected chi connectivity index (χ2v) is 8.48. The average Bonchev–Trinajstić information content (AvgIpc) is 2.70. The smallest absolute Gasteiger partial charge is 0.266 e. The van der Waals surface area contributed by atoms with Crippen LogP contribution in [0.2, 0.25) is 5.02 Å². The van der Waals surface area contributed by atoms with Gasteiger partial charge >= 0.3 is 0 Å². The number of pyridine rings is 1. The zero-order valence-electron chi connectivity index (χ0n) is 15.3. The standard InChI is InChI=1S/C20H17ClFN3O3S/c1-14-4-7-16(8-5-14)25(29(27,28)17-3-2-10-23-12-17)13-20(26)24-15-6-9-19(22)18(21)11-15/h2-12H,13H2,1H3,(H,24,26). The maximum atomic E-state index is 13.3. The second kappa shape index (κ2) is 8.59.